The van der Waals surface area contributed by atoms with Gasteiger partial charge in [-0.2, -0.15) is 0 Å². The first-order valence-electron chi connectivity index (χ1n) is 6.30. The molecule has 19 heavy (non-hydrogen) atoms. The van der Waals surface area contributed by atoms with Crippen LogP contribution in [0, 0.1) is 5.92 Å². The Bertz CT molecular complexity index is 469. The molecule has 1 heterocycles. The maximum absolute atomic E-state index is 12.2. The second kappa shape index (κ2) is 5.79. The zero-order valence-electron chi connectivity index (χ0n) is 11.6. The number of carbonyl (C=O) groups is 1. The lowest BCUT2D eigenvalue weighted by Gasteiger charge is -2.17. The van der Waals surface area contributed by atoms with Gasteiger partial charge in [-0.1, -0.05) is 0 Å². The van der Waals surface area contributed by atoms with Gasteiger partial charge in [-0.15, -0.1) is 11.3 Å². The van der Waals surface area contributed by atoms with E-state index < -0.39 is 0 Å². The summed E-state index contributed by atoms with van der Waals surface area (Å²) in [7, 11) is 5.19. The Balaban J connectivity index is 2.27. The number of rotatable bonds is 7. The normalized spacial score (nSPS) is 14.5. The summed E-state index contributed by atoms with van der Waals surface area (Å²) in [5, 5.41) is 0.890. The third-order valence-electron chi connectivity index (χ3n) is 3.24. The van der Waals surface area contributed by atoms with Gasteiger partial charge in [0.25, 0.3) is 0 Å². The molecular weight excluding hydrogens is 264 g/mol. The fourth-order valence-electron chi connectivity index (χ4n) is 1.91. The maximum Gasteiger partial charge on any atom is 0.178 e. The monoisotopic (exact) mass is 284 g/mol. The van der Waals surface area contributed by atoms with Crippen LogP contribution in [-0.4, -0.2) is 40.2 Å². The zero-order valence-corrected chi connectivity index (χ0v) is 12.4. The first-order chi connectivity index (χ1) is 9.10. The van der Waals surface area contributed by atoms with Gasteiger partial charge in [-0.05, 0) is 12.8 Å². The molecule has 5 nitrogen and oxygen atoms in total. The number of thiophene rings is 1. The highest BCUT2D eigenvalue weighted by atomic mass is 32.1. The van der Waals surface area contributed by atoms with Crippen molar-refractivity contribution in [1.29, 1.82) is 0 Å². The smallest absolute Gasteiger partial charge is 0.178 e. The predicted octanol–water partition coefficient (Wildman–Crippen LogP) is 2.01. The van der Waals surface area contributed by atoms with E-state index in [4.69, 9.17) is 15.2 Å². The Morgan fingerprint density at radius 3 is 2.68 bits per heavy atom. The van der Waals surface area contributed by atoms with Crippen LogP contribution in [0.15, 0.2) is 0 Å². The summed E-state index contributed by atoms with van der Waals surface area (Å²) in [6, 6.07) is 0. The Morgan fingerprint density at radius 2 is 2.16 bits per heavy atom. The van der Waals surface area contributed by atoms with E-state index in [1.54, 1.807) is 14.2 Å². The molecule has 0 atom stereocenters. The summed E-state index contributed by atoms with van der Waals surface area (Å²) in [5.41, 5.74) is 6.53. The van der Waals surface area contributed by atoms with Gasteiger partial charge in [0, 0.05) is 26.6 Å². The third-order valence-corrected chi connectivity index (χ3v) is 4.55. The minimum absolute atomic E-state index is 0.159. The van der Waals surface area contributed by atoms with Crippen molar-refractivity contribution in [3.8, 4) is 5.75 Å². The number of ether oxygens (including phenoxy) is 2. The molecule has 0 saturated heterocycles. The number of nitrogen functional groups attached to an aromatic ring is 1. The zero-order chi connectivity index (χ0) is 14.0. The number of methoxy groups -OCH3 is 2. The number of carbonyl (C=O) groups excluding carboxylic acids is 1. The van der Waals surface area contributed by atoms with Crippen molar-refractivity contribution in [3.05, 3.63) is 4.88 Å². The SMILES string of the molecule is COCCN(C)c1sc(C(=O)C2CC2)c(N)c1OC. The summed E-state index contributed by atoms with van der Waals surface area (Å²) < 4.78 is 10.4. The van der Waals surface area contributed by atoms with E-state index >= 15 is 0 Å². The highest BCUT2D eigenvalue weighted by Crippen LogP contribution is 2.47. The molecule has 1 aliphatic carbocycles. The molecule has 0 bridgehead atoms. The lowest BCUT2D eigenvalue weighted by molar-refractivity contribution is 0.0972. The number of likely N-dealkylation sites (N-methyl/N-ethyl adjacent to an activating group) is 1. The summed E-state index contributed by atoms with van der Waals surface area (Å²) in [5.74, 6) is 0.933. The van der Waals surface area contributed by atoms with Gasteiger partial charge in [-0.25, -0.2) is 0 Å². The first kappa shape index (κ1) is 14.1. The van der Waals surface area contributed by atoms with E-state index in [1.165, 1.54) is 11.3 Å². The van der Waals surface area contributed by atoms with Crippen molar-refractivity contribution < 1.29 is 14.3 Å². The second-order valence-corrected chi connectivity index (χ2v) is 5.74. The molecule has 0 aromatic carbocycles. The molecule has 1 aliphatic rings. The van der Waals surface area contributed by atoms with E-state index in [0.717, 1.165) is 24.4 Å². The first-order valence-corrected chi connectivity index (χ1v) is 7.12. The highest BCUT2D eigenvalue weighted by molar-refractivity contribution is 7.19. The van der Waals surface area contributed by atoms with Crippen molar-refractivity contribution in [3.63, 3.8) is 0 Å². The van der Waals surface area contributed by atoms with Crippen molar-refractivity contribution in [2.75, 3.05) is 45.1 Å². The molecule has 0 aliphatic heterocycles. The number of hydrogen-bond acceptors (Lipinski definition) is 6. The fourth-order valence-corrected chi connectivity index (χ4v) is 3.10. The maximum atomic E-state index is 12.2. The van der Waals surface area contributed by atoms with Crippen LogP contribution in [0.25, 0.3) is 0 Å². The molecule has 1 aromatic rings. The van der Waals surface area contributed by atoms with Crippen LogP contribution in [0.4, 0.5) is 10.7 Å². The minimum Gasteiger partial charge on any atom is -0.492 e. The average molecular weight is 284 g/mol. The number of nitrogens with zero attached hydrogens (tertiary/aromatic N) is 1. The Kier molecular flexibility index (Phi) is 4.31. The molecule has 2 N–H and O–H groups in total. The van der Waals surface area contributed by atoms with E-state index in [9.17, 15) is 4.79 Å². The molecule has 0 spiro atoms. The Labute approximate surface area is 117 Å². The molecule has 1 fully saturated rings. The number of anilines is 2. The molecule has 1 aromatic heterocycles. The minimum atomic E-state index is 0.159. The van der Waals surface area contributed by atoms with Crippen molar-refractivity contribution >= 4 is 27.8 Å². The number of ketones is 1. The molecule has 0 unspecified atom stereocenters. The van der Waals surface area contributed by atoms with E-state index in [2.05, 4.69) is 0 Å². The predicted molar refractivity (Wildman–Crippen MR) is 77.5 cm³/mol. The summed E-state index contributed by atoms with van der Waals surface area (Å²) >= 11 is 1.42. The quantitative estimate of drug-likeness (QED) is 0.776. The number of Topliss-reactive ketones (excluding diaryl/α,β-unsaturated/α-hetero) is 1. The van der Waals surface area contributed by atoms with E-state index in [0.29, 0.717) is 22.9 Å². The summed E-state index contributed by atoms with van der Waals surface area (Å²) in [4.78, 5) is 14.8. The molecular formula is C13H20N2O3S. The lowest BCUT2D eigenvalue weighted by Crippen LogP contribution is -2.21. The van der Waals surface area contributed by atoms with E-state index in [-0.39, 0.29) is 11.7 Å². The molecule has 2 rings (SSSR count). The molecule has 106 valence electrons. The molecule has 1 saturated carbocycles. The summed E-state index contributed by atoms with van der Waals surface area (Å²) in [6.45, 7) is 1.34. The van der Waals surface area contributed by atoms with Gasteiger partial charge >= 0.3 is 0 Å². The van der Waals surface area contributed by atoms with Gasteiger partial charge < -0.3 is 20.1 Å². The highest BCUT2D eigenvalue weighted by Gasteiger charge is 2.34. The van der Waals surface area contributed by atoms with Gasteiger partial charge in [0.05, 0.1) is 24.3 Å². The van der Waals surface area contributed by atoms with Crippen LogP contribution >= 0.6 is 11.3 Å². The van der Waals surface area contributed by atoms with Crippen LogP contribution in [0.5, 0.6) is 5.75 Å². The van der Waals surface area contributed by atoms with Gasteiger partial charge in [0.15, 0.2) is 11.5 Å². The van der Waals surface area contributed by atoms with Crippen LogP contribution < -0.4 is 15.4 Å². The molecule has 0 amide bonds. The standard InChI is InChI=1S/C13H20N2O3S/c1-15(6-7-17-2)13-11(18-3)9(14)12(19-13)10(16)8-4-5-8/h8H,4-7,14H2,1-3H3. The number of nitrogens with two attached hydrogens (primary N) is 1. The Morgan fingerprint density at radius 1 is 1.47 bits per heavy atom. The van der Waals surface area contributed by atoms with E-state index in [1.807, 2.05) is 11.9 Å². The van der Waals surface area contributed by atoms with Crippen LogP contribution in [0.3, 0.4) is 0 Å². The number of hydrogen-bond donors (Lipinski definition) is 1. The summed E-state index contributed by atoms with van der Waals surface area (Å²) in [6.07, 6.45) is 1.96. The molecule has 6 heteroatoms. The van der Waals surface area contributed by atoms with Gasteiger partial charge in [-0.3, -0.25) is 4.79 Å². The third kappa shape index (κ3) is 2.84. The van der Waals surface area contributed by atoms with Crippen molar-refractivity contribution in [2.24, 2.45) is 5.92 Å². The van der Waals surface area contributed by atoms with Crippen molar-refractivity contribution in [2.45, 2.75) is 12.8 Å². The van der Waals surface area contributed by atoms with Gasteiger partial charge in [0.2, 0.25) is 0 Å². The second-order valence-electron chi connectivity index (χ2n) is 4.74. The van der Waals surface area contributed by atoms with Crippen LogP contribution in [-0.2, 0) is 4.74 Å². The topological polar surface area (TPSA) is 64.8 Å². The average Bonchev–Trinajstić information content (AvgIpc) is 3.19. The van der Waals surface area contributed by atoms with Gasteiger partial charge in [0.1, 0.15) is 5.00 Å². The van der Waals surface area contributed by atoms with Crippen molar-refractivity contribution in [1.82, 2.24) is 0 Å². The largest absolute Gasteiger partial charge is 0.492 e. The van der Waals surface area contributed by atoms with Crippen LogP contribution in [0.1, 0.15) is 22.5 Å². The Hall–Kier alpha value is -1.27. The fraction of sp³-hybridized carbons (Fsp3) is 0.615. The lowest BCUT2D eigenvalue weighted by atomic mass is 10.2. The van der Waals surface area contributed by atoms with Crippen LogP contribution in [0.2, 0.25) is 0 Å². The molecule has 0 radical (unpaired) electrons.